The molecule has 1 saturated heterocycles. The molecule has 214 valence electrons. The Morgan fingerprint density at radius 3 is 2.56 bits per heavy atom. The lowest BCUT2D eigenvalue weighted by Gasteiger charge is -2.47. The third-order valence-corrected chi connectivity index (χ3v) is 8.79. The molecule has 1 fully saturated rings. The normalized spacial score (nSPS) is 22.1. The number of amides is 2. The van der Waals surface area contributed by atoms with E-state index < -0.39 is 23.3 Å². The van der Waals surface area contributed by atoms with Crippen molar-refractivity contribution < 1.29 is 23.9 Å². The van der Waals surface area contributed by atoms with Crippen LogP contribution in [0.15, 0.2) is 59.1 Å². The summed E-state index contributed by atoms with van der Waals surface area (Å²) in [5.41, 5.74) is 2.31. The molecule has 41 heavy (non-hydrogen) atoms. The molecular formula is C31H29BrCl2N2O5. The average molecular weight is 660 g/mol. The number of fused-ring (bicyclic) bond motifs is 2. The largest absolute Gasteiger partial charge is 0.492 e. The second-order valence-electron chi connectivity index (χ2n) is 10.4. The van der Waals surface area contributed by atoms with Gasteiger partial charge in [0.1, 0.15) is 17.8 Å². The highest BCUT2D eigenvalue weighted by Gasteiger charge is 2.61. The zero-order valence-electron chi connectivity index (χ0n) is 22.7. The van der Waals surface area contributed by atoms with Gasteiger partial charge in [0.25, 0.3) is 0 Å². The SMILES string of the molecule is CCOC(=O)C(C)COc1ccc(Br)cc1[C@H]1CC(=O)N[C@@H](c2cc(Cl)ccc2C)[C@]12C(=O)Nc1cc(Cl)ccc12. The van der Waals surface area contributed by atoms with Crippen LogP contribution < -0.4 is 15.4 Å². The van der Waals surface area contributed by atoms with Gasteiger partial charge in [0.2, 0.25) is 11.8 Å². The van der Waals surface area contributed by atoms with E-state index >= 15 is 0 Å². The van der Waals surface area contributed by atoms with Crippen LogP contribution in [0.3, 0.4) is 0 Å². The van der Waals surface area contributed by atoms with Crippen LogP contribution >= 0.6 is 39.1 Å². The lowest BCUT2D eigenvalue weighted by Crippen LogP contribution is -2.57. The molecule has 2 amide bonds. The molecule has 2 aliphatic rings. The maximum absolute atomic E-state index is 14.4. The number of benzene rings is 3. The minimum atomic E-state index is -1.27. The number of piperidine rings is 1. The summed E-state index contributed by atoms with van der Waals surface area (Å²) in [5.74, 6) is -1.54. The maximum Gasteiger partial charge on any atom is 0.312 e. The molecule has 0 saturated carbocycles. The number of hydrogen-bond donors (Lipinski definition) is 2. The number of anilines is 1. The second-order valence-corrected chi connectivity index (χ2v) is 12.2. The summed E-state index contributed by atoms with van der Waals surface area (Å²) >= 11 is 16.4. The molecule has 2 heterocycles. The van der Waals surface area contributed by atoms with E-state index in [1.165, 1.54) is 0 Å². The Balaban J connectivity index is 1.71. The number of halogens is 3. The highest BCUT2D eigenvalue weighted by Crippen LogP contribution is 2.59. The standard InChI is InChI=1S/C31H29BrCl2N2O5/c1-4-40-29(38)17(3)15-41-26-10-6-18(32)11-22(26)24-14-27(37)36-28(21-12-19(33)7-5-16(21)2)31(24)23-9-8-20(34)13-25(23)35-30(31)39/h5-13,17,24,28H,4,14-15H2,1-3H3,(H,35,39)(H,36,37)/t17?,24-,28+,31-/m1/s1. The van der Waals surface area contributed by atoms with Crippen molar-refractivity contribution >= 4 is 62.6 Å². The number of aryl methyl sites for hydroxylation is 1. The molecule has 1 spiro atoms. The molecule has 0 radical (unpaired) electrons. The van der Waals surface area contributed by atoms with Gasteiger partial charge in [0.05, 0.1) is 18.6 Å². The van der Waals surface area contributed by atoms with Crippen molar-refractivity contribution in [3.8, 4) is 5.75 Å². The second kappa shape index (κ2) is 11.7. The van der Waals surface area contributed by atoms with Crippen LogP contribution in [0.25, 0.3) is 0 Å². The highest BCUT2D eigenvalue weighted by molar-refractivity contribution is 9.10. The summed E-state index contributed by atoms with van der Waals surface area (Å²) in [4.78, 5) is 40.1. The first-order valence-corrected chi connectivity index (χ1v) is 14.9. The molecule has 0 aliphatic carbocycles. The van der Waals surface area contributed by atoms with E-state index in [1.807, 2.05) is 31.2 Å². The molecule has 1 unspecified atom stereocenters. The molecule has 0 aromatic heterocycles. The number of esters is 1. The molecule has 0 bridgehead atoms. The number of carbonyl (C=O) groups excluding carboxylic acids is 3. The smallest absolute Gasteiger partial charge is 0.312 e. The van der Waals surface area contributed by atoms with Crippen molar-refractivity contribution in [3.05, 3.63) is 91.4 Å². The van der Waals surface area contributed by atoms with E-state index in [9.17, 15) is 14.4 Å². The Labute approximate surface area is 257 Å². The van der Waals surface area contributed by atoms with Gasteiger partial charge in [-0.3, -0.25) is 14.4 Å². The molecule has 3 aromatic carbocycles. The number of carbonyl (C=O) groups is 3. The lowest BCUT2D eigenvalue weighted by atomic mass is 9.59. The minimum Gasteiger partial charge on any atom is -0.492 e. The number of ether oxygens (including phenoxy) is 2. The van der Waals surface area contributed by atoms with Gasteiger partial charge in [-0.2, -0.15) is 0 Å². The summed E-state index contributed by atoms with van der Waals surface area (Å²) in [6, 6.07) is 15.5. The quantitative estimate of drug-likeness (QED) is 0.270. The average Bonchev–Trinajstić information content (AvgIpc) is 3.21. The summed E-state index contributed by atoms with van der Waals surface area (Å²) < 4.78 is 12.1. The molecule has 2 aliphatic heterocycles. The Morgan fingerprint density at radius 2 is 1.80 bits per heavy atom. The number of nitrogens with one attached hydrogen (secondary N) is 2. The van der Waals surface area contributed by atoms with Crippen molar-refractivity contribution in [2.45, 2.75) is 44.6 Å². The van der Waals surface area contributed by atoms with Crippen molar-refractivity contribution in [3.63, 3.8) is 0 Å². The topological polar surface area (TPSA) is 93.7 Å². The van der Waals surface area contributed by atoms with Gasteiger partial charge in [-0.1, -0.05) is 51.3 Å². The molecule has 3 aromatic rings. The third-order valence-electron chi connectivity index (χ3n) is 7.83. The maximum atomic E-state index is 14.4. The Kier molecular flexibility index (Phi) is 8.37. The number of hydrogen-bond acceptors (Lipinski definition) is 5. The lowest BCUT2D eigenvalue weighted by molar-refractivity contribution is -0.148. The van der Waals surface area contributed by atoms with Gasteiger partial charge in [-0.05, 0) is 79.9 Å². The molecule has 5 rings (SSSR count). The summed E-state index contributed by atoms with van der Waals surface area (Å²) in [5, 5.41) is 7.14. The monoisotopic (exact) mass is 658 g/mol. The van der Waals surface area contributed by atoms with Gasteiger partial charge in [0, 0.05) is 38.1 Å². The Hall–Kier alpha value is -3.07. The Bertz CT molecular complexity index is 1550. The van der Waals surface area contributed by atoms with E-state index in [0.29, 0.717) is 32.6 Å². The van der Waals surface area contributed by atoms with Crippen molar-refractivity contribution in [2.75, 3.05) is 18.5 Å². The molecule has 10 heteroatoms. The summed E-state index contributed by atoms with van der Waals surface area (Å²) in [6.07, 6.45) is 0.0197. The highest BCUT2D eigenvalue weighted by atomic mass is 79.9. The van der Waals surface area contributed by atoms with Gasteiger partial charge in [-0.25, -0.2) is 0 Å². The van der Waals surface area contributed by atoms with Crippen LogP contribution in [0, 0.1) is 12.8 Å². The predicted octanol–water partition coefficient (Wildman–Crippen LogP) is 6.88. The van der Waals surface area contributed by atoms with Gasteiger partial charge in [-0.15, -0.1) is 0 Å². The Morgan fingerprint density at radius 1 is 1.07 bits per heavy atom. The van der Waals surface area contributed by atoms with Crippen LogP contribution in [0.4, 0.5) is 5.69 Å². The molecule has 2 N–H and O–H groups in total. The fourth-order valence-corrected chi connectivity index (χ4v) is 6.66. The zero-order chi connectivity index (χ0) is 29.5. The first-order valence-electron chi connectivity index (χ1n) is 13.3. The van der Waals surface area contributed by atoms with Crippen LogP contribution in [0.1, 0.15) is 54.5 Å². The van der Waals surface area contributed by atoms with Crippen molar-refractivity contribution in [1.82, 2.24) is 5.32 Å². The van der Waals surface area contributed by atoms with E-state index in [-0.39, 0.29) is 37.4 Å². The van der Waals surface area contributed by atoms with Crippen LogP contribution in [0.5, 0.6) is 5.75 Å². The molecule has 7 nitrogen and oxygen atoms in total. The predicted molar refractivity (Wildman–Crippen MR) is 162 cm³/mol. The van der Waals surface area contributed by atoms with Crippen molar-refractivity contribution in [2.24, 2.45) is 5.92 Å². The third kappa shape index (κ3) is 5.33. The van der Waals surface area contributed by atoms with Gasteiger partial charge < -0.3 is 20.1 Å². The summed E-state index contributed by atoms with van der Waals surface area (Å²) in [7, 11) is 0. The zero-order valence-corrected chi connectivity index (χ0v) is 25.8. The van der Waals surface area contributed by atoms with E-state index in [1.54, 1.807) is 44.2 Å². The van der Waals surface area contributed by atoms with E-state index in [0.717, 1.165) is 15.6 Å². The first-order chi connectivity index (χ1) is 19.6. The van der Waals surface area contributed by atoms with Crippen LogP contribution in [0.2, 0.25) is 10.0 Å². The van der Waals surface area contributed by atoms with E-state index in [4.69, 9.17) is 32.7 Å². The molecular weight excluding hydrogens is 631 g/mol. The minimum absolute atomic E-state index is 0.0197. The summed E-state index contributed by atoms with van der Waals surface area (Å²) in [6.45, 7) is 5.75. The van der Waals surface area contributed by atoms with E-state index in [2.05, 4.69) is 26.6 Å². The van der Waals surface area contributed by atoms with Crippen LogP contribution in [-0.2, 0) is 24.5 Å². The van der Waals surface area contributed by atoms with Crippen molar-refractivity contribution in [1.29, 1.82) is 0 Å². The number of rotatable bonds is 7. The fraction of sp³-hybridized carbons (Fsp3) is 0.323. The van der Waals surface area contributed by atoms with Crippen LogP contribution in [-0.4, -0.2) is 31.0 Å². The fourth-order valence-electron chi connectivity index (χ4n) is 5.93. The molecule has 4 atom stereocenters. The van der Waals surface area contributed by atoms with Gasteiger partial charge >= 0.3 is 5.97 Å². The van der Waals surface area contributed by atoms with Gasteiger partial charge in [0.15, 0.2) is 0 Å². The first kappa shape index (κ1) is 29.4.